The van der Waals surface area contributed by atoms with E-state index in [4.69, 9.17) is 10.5 Å². The Hall–Kier alpha value is -3.40. The number of benzene rings is 1. The number of thiophene rings is 1. The van der Waals surface area contributed by atoms with Gasteiger partial charge in [0.15, 0.2) is 6.10 Å². The summed E-state index contributed by atoms with van der Waals surface area (Å²) in [5.74, 6) is -1.99. The summed E-state index contributed by atoms with van der Waals surface area (Å²) in [6, 6.07) is 8.69. The maximum atomic E-state index is 12.7. The Morgan fingerprint density at radius 1 is 1.17 bits per heavy atom. The van der Waals surface area contributed by atoms with E-state index in [1.165, 1.54) is 17.6 Å². The maximum absolute atomic E-state index is 12.7. The molecule has 0 radical (unpaired) electrons. The van der Waals surface area contributed by atoms with Crippen LogP contribution in [0.2, 0.25) is 0 Å². The predicted octanol–water partition coefficient (Wildman–Crippen LogP) is 1.94. The first-order valence-corrected chi connectivity index (χ1v) is 10.3. The largest absolute Gasteiger partial charge is 0.451 e. The molecule has 0 aliphatic carbocycles. The van der Waals surface area contributed by atoms with Gasteiger partial charge in [-0.25, -0.2) is 4.79 Å². The zero-order valence-corrected chi connectivity index (χ0v) is 17.4. The molecule has 0 fully saturated rings. The highest BCUT2D eigenvalue weighted by molar-refractivity contribution is 7.14. The average molecular weight is 430 g/mol. The van der Waals surface area contributed by atoms with Crippen LogP contribution in [0.25, 0.3) is 11.0 Å². The second-order valence-corrected chi connectivity index (χ2v) is 7.57. The number of imidazole rings is 1. The molecule has 158 valence electrons. The highest BCUT2D eigenvalue weighted by Crippen LogP contribution is 2.23. The molecule has 3 rings (SSSR count). The molecule has 3 aromatic rings. The third-order valence-electron chi connectivity index (χ3n) is 4.50. The molecule has 2 heterocycles. The van der Waals surface area contributed by atoms with E-state index in [2.05, 4.69) is 5.32 Å². The molecule has 0 aliphatic heterocycles. The van der Waals surface area contributed by atoms with Crippen LogP contribution in [0, 0.1) is 0 Å². The van der Waals surface area contributed by atoms with Gasteiger partial charge < -0.3 is 15.8 Å². The molecular weight excluding hydrogens is 408 g/mol. The number of para-hydroxylation sites is 2. The van der Waals surface area contributed by atoms with Crippen molar-refractivity contribution in [1.82, 2.24) is 9.13 Å². The fourth-order valence-corrected chi connectivity index (χ4v) is 3.89. The zero-order chi connectivity index (χ0) is 21.8. The number of aromatic nitrogens is 2. The van der Waals surface area contributed by atoms with Crippen molar-refractivity contribution in [2.75, 3.05) is 5.32 Å². The lowest BCUT2D eigenvalue weighted by atomic mass is 10.3. The van der Waals surface area contributed by atoms with Crippen LogP contribution in [0.15, 0.2) is 40.5 Å². The van der Waals surface area contributed by atoms with E-state index in [0.29, 0.717) is 12.1 Å². The Labute approximate surface area is 176 Å². The third kappa shape index (κ3) is 4.28. The lowest BCUT2D eigenvalue weighted by Crippen LogP contribution is -2.33. The Bertz CT molecular complexity index is 1160. The van der Waals surface area contributed by atoms with Crippen molar-refractivity contribution in [2.24, 2.45) is 5.73 Å². The molecule has 0 saturated carbocycles. The fourth-order valence-electron chi connectivity index (χ4n) is 3.10. The van der Waals surface area contributed by atoms with Crippen LogP contribution >= 0.6 is 11.3 Å². The smallest absolute Gasteiger partial charge is 0.329 e. The number of nitrogens with zero attached hydrogens (tertiary/aromatic N) is 2. The van der Waals surface area contributed by atoms with Crippen LogP contribution in [0.1, 0.15) is 30.6 Å². The summed E-state index contributed by atoms with van der Waals surface area (Å²) in [6.45, 7) is 3.58. The number of nitrogens with one attached hydrogen (secondary N) is 1. The first-order valence-electron chi connectivity index (χ1n) is 9.39. The van der Waals surface area contributed by atoms with Crippen molar-refractivity contribution in [3.8, 4) is 0 Å². The molecule has 3 N–H and O–H groups in total. The fraction of sp³-hybridized carbons (Fsp3) is 0.300. The minimum Gasteiger partial charge on any atom is -0.451 e. The molecule has 1 unspecified atom stereocenters. The van der Waals surface area contributed by atoms with Gasteiger partial charge in [0.1, 0.15) is 11.5 Å². The molecule has 0 aliphatic rings. The number of amides is 2. The van der Waals surface area contributed by atoms with Gasteiger partial charge in [-0.2, -0.15) is 0 Å². The van der Waals surface area contributed by atoms with Gasteiger partial charge in [0.05, 0.1) is 16.6 Å². The van der Waals surface area contributed by atoms with Crippen molar-refractivity contribution in [2.45, 2.75) is 39.5 Å². The molecule has 30 heavy (non-hydrogen) atoms. The number of fused-ring (bicyclic) bond motifs is 1. The molecule has 0 bridgehead atoms. The number of nitrogens with two attached hydrogens (primary N) is 1. The summed E-state index contributed by atoms with van der Waals surface area (Å²) in [7, 11) is 0. The molecule has 2 aromatic heterocycles. The van der Waals surface area contributed by atoms with Crippen LogP contribution in [-0.2, 0) is 27.4 Å². The van der Waals surface area contributed by atoms with E-state index in [9.17, 15) is 19.2 Å². The van der Waals surface area contributed by atoms with Gasteiger partial charge in [0.25, 0.3) is 11.8 Å². The first-order chi connectivity index (χ1) is 14.3. The van der Waals surface area contributed by atoms with Gasteiger partial charge in [0.2, 0.25) is 0 Å². The van der Waals surface area contributed by atoms with Crippen molar-refractivity contribution in [3.63, 3.8) is 0 Å². The van der Waals surface area contributed by atoms with Gasteiger partial charge in [-0.1, -0.05) is 19.1 Å². The average Bonchev–Trinajstić information content (AvgIpc) is 3.27. The number of primary amides is 1. The van der Waals surface area contributed by atoms with Crippen molar-refractivity contribution >= 4 is 45.2 Å². The Morgan fingerprint density at radius 2 is 1.83 bits per heavy atom. The minimum absolute atomic E-state index is 0.183. The number of rotatable bonds is 8. The van der Waals surface area contributed by atoms with E-state index in [1.54, 1.807) is 22.1 Å². The third-order valence-corrected chi connectivity index (χ3v) is 5.33. The summed E-state index contributed by atoms with van der Waals surface area (Å²) in [5, 5.41) is 4.43. The molecule has 9 nitrogen and oxygen atoms in total. The number of hydrogen-bond acceptors (Lipinski definition) is 6. The van der Waals surface area contributed by atoms with Gasteiger partial charge in [-0.05, 0) is 36.9 Å². The highest BCUT2D eigenvalue weighted by atomic mass is 32.1. The number of carbonyl (C=O) groups is 3. The summed E-state index contributed by atoms with van der Waals surface area (Å²) in [6.07, 6.45) is -0.356. The SMILES string of the molecule is CCCn1c(=O)n(CC(=O)OC(C)C(=O)Nc2sccc2C(N)=O)c2ccccc21. The van der Waals surface area contributed by atoms with E-state index >= 15 is 0 Å². The molecular formula is C20H22N4O5S. The van der Waals surface area contributed by atoms with E-state index in [0.717, 1.165) is 23.3 Å². The Morgan fingerprint density at radius 3 is 2.47 bits per heavy atom. The highest BCUT2D eigenvalue weighted by Gasteiger charge is 2.22. The standard InChI is InChI=1S/C20H22N4O5S/c1-3-9-23-14-6-4-5-7-15(14)24(20(23)28)11-16(25)29-12(2)18(27)22-19-13(17(21)26)8-10-30-19/h4-8,10,12H,3,9,11H2,1-2H3,(H2,21,26)(H,22,27). The number of anilines is 1. The summed E-state index contributed by atoms with van der Waals surface area (Å²) < 4.78 is 8.15. The van der Waals surface area contributed by atoms with Crippen molar-refractivity contribution in [1.29, 1.82) is 0 Å². The normalized spacial score (nSPS) is 11.9. The quantitative estimate of drug-likeness (QED) is 0.528. The van der Waals surface area contributed by atoms with Crippen LogP contribution in [0.4, 0.5) is 5.00 Å². The first kappa shape index (κ1) is 21.3. The monoisotopic (exact) mass is 430 g/mol. The van der Waals surface area contributed by atoms with Crippen LogP contribution < -0.4 is 16.7 Å². The number of aryl methyl sites for hydroxylation is 1. The predicted molar refractivity (Wildman–Crippen MR) is 114 cm³/mol. The van der Waals surface area contributed by atoms with Gasteiger partial charge in [0, 0.05) is 6.54 Å². The molecule has 0 spiro atoms. The maximum Gasteiger partial charge on any atom is 0.329 e. The summed E-state index contributed by atoms with van der Waals surface area (Å²) >= 11 is 1.13. The zero-order valence-electron chi connectivity index (χ0n) is 16.6. The van der Waals surface area contributed by atoms with Gasteiger partial charge in [-0.3, -0.25) is 23.5 Å². The van der Waals surface area contributed by atoms with Gasteiger partial charge >= 0.3 is 11.7 Å². The lowest BCUT2D eigenvalue weighted by molar-refractivity contribution is -0.153. The number of hydrogen-bond donors (Lipinski definition) is 2. The second-order valence-electron chi connectivity index (χ2n) is 6.66. The summed E-state index contributed by atoms with van der Waals surface area (Å²) in [5.41, 5.74) is 6.49. The van der Waals surface area contributed by atoms with Crippen molar-refractivity contribution in [3.05, 3.63) is 51.8 Å². The topological polar surface area (TPSA) is 125 Å². The second kappa shape index (κ2) is 8.95. The van der Waals surface area contributed by atoms with Crippen LogP contribution in [0.5, 0.6) is 0 Å². The minimum atomic E-state index is -1.12. The molecule has 2 amide bonds. The molecule has 1 aromatic carbocycles. The number of carbonyl (C=O) groups excluding carboxylic acids is 3. The van der Waals surface area contributed by atoms with Crippen LogP contribution in [0.3, 0.4) is 0 Å². The van der Waals surface area contributed by atoms with E-state index in [1.807, 2.05) is 19.1 Å². The molecule has 1 atom stereocenters. The Balaban J connectivity index is 1.72. The molecule has 10 heteroatoms. The Kier molecular flexibility index (Phi) is 6.36. The van der Waals surface area contributed by atoms with Crippen LogP contribution in [-0.4, -0.2) is 33.0 Å². The van der Waals surface area contributed by atoms with E-state index in [-0.39, 0.29) is 22.8 Å². The van der Waals surface area contributed by atoms with E-state index < -0.39 is 23.9 Å². The van der Waals surface area contributed by atoms with Crippen molar-refractivity contribution < 1.29 is 19.1 Å². The molecule has 0 saturated heterocycles. The summed E-state index contributed by atoms with van der Waals surface area (Å²) in [4.78, 5) is 48.9. The number of ether oxygens (including phenoxy) is 1. The number of esters is 1. The van der Waals surface area contributed by atoms with Gasteiger partial charge in [-0.15, -0.1) is 11.3 Å². The lowest BCUT2D eigenvalue weighted by Gasteiger charge is -2.13.